The third kappa shape index (κ3) is 5.49. The Labute approximate surface area is 461 Å². The van der Waals surface area contributed by atoms with Crippen LogP contribution in [0.2, 0.25) is 0 Å². The number of nitrogens with zero attached hydrogens (tertiary/aromatic N) is 6. The normalized spacial score (nSPS) is 13.9. The molecule has 2 aliphatic carbocycles. The zero-order valence-electron chi connectivity index (χ0n) is 44.5. The molecule has 0 saturated carbocycles. The summed E-state index contributed by atoms with van der Waals surface area (Å²) in [4.78, 5) is 0. The molecule has 15 aromatic rings. The summed E-state index contributed by atoms with van der Waals surface area (Å²) >= 11 is 0. The highest BCUT2D eigenvalue weighted by atomic mass is 15.1. The number of rotatable bonds is 4. The summed E-state index contributed by atoms with van der Waals surface area (Å²) in [5.74, 6) is 0. The van der Waals surface area contributed by atoms with E-state index in [1.807, 2.05) is 0 Å². The first-order valence-electron chi connectivity index (χ1n) is 27.6. The molecule has 17 rings (SSSR count). The van der Waals surface area contributed by atoms with Gasteiger partial charge >= 0.3 is 0 Å². The maximum atomic E-state index is 12.8. The Hall–Kier alpha value is -10.4. The largest absolute Gasteiger partial charge is 0.306 e. The maximum Gasteiger partial charge on any atom is 0.104 e. The summed E-state index contributed by atoms with van der Waals surface area (Å²) < 4.78 is 9.32. The minimum atomic E-state index is -0.256. The summed E-state index contributed by atoms with van der Waals surface area (Å²) in [7, 11) is 0. The minimum absolute atomic E-state index is 0.255. The molecule has 0 N–H and O–H groups in total. The van der Waals surface area contributed by atoms with Crippen molar-refractivity contribution in [2.75, 3.05) is 0 Å². The standard InChI is InChI=1S/C74H48N6/c1-73(2)57-29-13-5-21-43(57)51-39-67-53(37-59(51)73)49-27-11-19-35-65(49)79(67)69-55(41-75)70(77-61-31-15-7-23-45(61)46-24-8-16-32-62(46)77)72(71(56(69)42-76)78-63-33-17-9-25-47(63)48-26-10-18-34-64(48)78)80-66-36-20-12-28-50(66)54-38-60-52(40-68(54)80)44-22-6-14-30-58(44)74(60,3)4/h5-40H,1-4H3. The van der Waals surface area contributed by atoms with E-state index in [2.05, 4.69) is 276 Å². The minimum Gasteiger partial charge on any atom is -0.306 e. The van der Waals surface area contributed by atoms with Gasteiger partial charge in [0.15, 0.2) is 0 Å². The lowest BCUT2D eigenvalue weighted by molar-refractivity contribution is 0.661. The molecule has 4 aromatic heterocycles. The Balaban J connectivity index is 1.16. The van der Waals surface area contributed by atoms with Crippen molar-refractivity contribution in [2.45, 2.75) is 38.5 Å². The lowest BCUT2D eigenvalue weighted by Crippen LogP contribution is -2.17. The average molecular weight is 1020 g/mol. The first-order chi connectivity index (χ1) is 39.2. The molecule has 6 nitrogen and oxygen atoms in total. The van der Waals surface area contributed by atoms with Gasteiger partial charge in [0, 0.05) is 53.9 Å². The Kier molecular flexibility index (Phi) is 8.74. The number of nitriles is 2. The van der Waals surface area contributed by atoms with Gasteiger partial charge in [0.05, 0.1) is 66.9 Å². The maximum absolute atomic E-state index is 12.8. The second-order valence-corrected chi connectivity index (χ2v) is 23.0. The van der Waals surface area contributed by atoms with Crippen molar-refractivity contribution in [2.24, 2.45) is 0 Å². The molecule has 11 aromatic carbocycles. The molecule has 4 heterocycles. The predicted octanol–water partition coefficient (Wildman–Crippen LogP) is 18.4. The molecular weight excluding hydrogens is 973 g/mol. The highest BCUT2D eigenvalue weighted by Gasteiger charge is 2.40. The number of benzene rings is 11. The number of hydrogen-bond donors (Lipinski definition) is 0. The Morgan fingerprint density at radius 3 is 0.875 bits per heavy atom. The molecule has 0 amide bonds. The summed E-state index contributed by atoms with van der Waals surface area (Å²) in [6.07, 6.45) is 0. The molecule has 0 aliphatic heterocycles. The average Bonchev–Trinajstić information content (AvgIpc) is 4.24. The van der Waals surface area contributed by atoms with Crippen LogP contribution in [0.4, 0.5) is 0 Å². The molecule has 2 aliphatic rings. The van der Waals surface area contributed by atoms with Crippen molar-refractivity contribution in [3.63, 3.8) is 0 Å². The summed E-state index contributed by atoms with van der Waals surface area (Å²) in [5, 5.41) is 34.1. The van der Waals surface area contributed by atoms with E-state index in [4.69, 9.17) is 0 Å². The van der Waals surface area contributed by atoms with Gasteiger partial charge in [0.25, 0.3) is 0 Å². The number of para-hydroxylation sites is 6. The van der Waals surface area contributed by atoms with Crippen molar-refractivity contribution in [3.05, 3.63) is 252 Å². The lowest BCUT2D eigenvalue weighted by atomic mass is 9.82. The van der Waals surface area contributed by atoms with Gasteiger partial charge in [-0.25, -0.2) is 0 Å². The molecule has 0 unspecified atom stereocenters. The van der Waals surface area contributed by atoms with Crippen LogP contribution in [0.15, 0.2) is 218 Å². The van der Waals surface area contributed by atoms with E-state index in [9.17, 15) is 10.5 Å². The second kappa shape index (κ2) is 15.6. The monoisotopic (exact) mass is 1020 g/mol. The number of hydrogen-bond acceptors (Lipinski definition) is 2. The smallest absolute Gasteiger partial charge is 0.104 e. The van der Waals surface area contributed by atoms with E-state index < -0.39 is 0 Å². The zero-order valence-corrected chi connectivity index (χ0v) is 44.5. The summed E-state index contributed by atoms with van der Waals surface area (Å²) in [5.41, 5.74) is 20.3. The van der Waals surface area contributed by atoms with Gasteiger partial charge < -0.3 is 18.3 Å². The van der Waals surface area contributed by atoms with Crippen molar-refractivity contribution < 1.29 is 0 Å². The van der Waals surface area contributed by atoms with Gasteiger partial charge in [0.2, 0.25) is 0 Å². The Morgan fingerprint density at radius 2 is 0.537 bits per heavy atom. The molecule has 0 bridgehead atoms. The molecule has 0 fully saturated rings. The molecular formula is C74H48N6. The van der Waals surface area contributed by atoms with Gasteiger partial charge in [-0.05, 0) is 105 Å². The van der Waals surface area contributed by atoms with E-state index in [1.54, 1.807) is 0 Å². The summed E-state index contributed by atoms with van der Waals surface area (Å²) in [6.45, 7) is 9.31. The molecule has 0 atom stereocenters. The number of aromatic nitrogens is 4. The highest BCUT2D eigenvalue weighted by Crippen LogP contribution is 2.55. The third-order valence-corrected chi connectivity index (χ3v) is 18.4. The predicted molar refractivity (Wildman–Crippen MR) is 328 cm³/mol. The first-order valence-corrected chi connectivity index (χ1v) is 27.6. The van der Waals surface area contributed by atoms with Crippen LogP contribution in [0.3, 0.4) is 0 Å². The number of fused-ring (bicyclic) bond motifs is 18. The fraction of sp³-hybridized carbons (Fsp3) is 0.0811. The molecule has 0 radical (unpaired) electrons. The van der Waals surface area contributed by atoms with Crippen molar-refractivity contribution >= 4 is 87.2 Å². The molecule has 6 heteroatoms. The third-order valence-electron chi connectivity index (χ3n) is 18.4. The SMILES string of the molecule is CC1(C)c2ccccc2-c2cc3c(cc21)c1ccccc1n3-c1c(C#N)c(-n2c3ccccc3c3ccccc32)c(-n2c3ccccc3c3cc4c(cc32)-c2ccccc2C4(C)C)c(-n2c3ccccc3c3ccccc32)c1C#N. The van der Waals surface area contributed by atoms with Crippen LogP contribution in [0.5, 0.6) is 0 Å². The van der Waals surface area contributed by atoms with E-state index in [-0.39, 0.29) is 10.8 Å². The first kappa shape index (κ1) is 44.7. The Morgan fingerprint density at radius 1 is 0.263 bits per heavy atom. The van der Waals surface area contributed by atoms with Crippen molar-refractivity contribution in [3.8, 4) is 57.1 Å². The van der Waals surface area contributed by atoms with Crippen LogP contribution in [0, 0.1) is 22.7 Å². The van der Waals surface area contributed by atoms with E-state index >= 15 is 0 Å². The quantitative estimate of drug-likeness (QED) is 0.176. The van der Waals surface area contributed by atoms with Crippen LogP contribution in [-0.4, -0.2) is 18.3 Å². The van der Waals surface area contributed by atoms with Gasteiger partial charge in [-0.3, -0.25) is 0 Å². The van der Waals surface area contributed by atoms with Crippen LogP contribution in [0.1, 0.15) is 61.1 Å². The van der Waals surface area contributed by atoms with Crippen molar-refractivity contribution in [1.29, 1.82) is 10.5 Å². The van der Waals surface area contributed by atoms with E-state index in [0.29, 0.717) is 28.2 Å². The van der Waals surface area contributed by atoms with Gasteiger partial charge in [0.1, 0.15) is 23.3 Å². The molecule has 80 heavy (non-hydrogen) atoms. The van der Waals surface area contributed by atoms with E-state index in [1.165, 1.54) is 38.9 Å². The molecule has 374 valence electrons. The van der Waals surface area contributed by atoms with Crippen LogP contribution in [-0.2, 0) is 10.8 Å². The summed E-state index contributed by atoms with van der Waals surface area (Å²) in [6, 6.07) is 84.5. The van der Waals surface area contributed by atoms with Crippen LogP contribution < -0.4 is 0 Å². The highest BCUT2D eigenvalue weighted by molar-refractivity contribution is 6.17. The van der Waals surface area contributed by atoms with Crippen LogP contribution in [0.25, 0.3) is 132 Å². The molecule has 0 saturated heterocycles. The zero-order chi connectivity index (χ0) is 53.5. The van der Waals surface area contributed by atoms with Gasteiger partial charge in [-0.15, -0.1) is 0 Å². The second-order valence-electron chi connectivity index (χ2n) is 23.0. The fourth-order valence-corrected chi connectivity index (χ4v) is 14.9. The van der Waals surface area contributed by atoms with Gasteiger partial charge in [-0.1, -0.05) is 185 Å². The molecule has 0 spiro atoms. The van der Waals surface area contributed by atoms with Crippen molar-refractivity contribution in [1.82, 2.24) is 18.3 Å². The fourth-order valence-electron chi connectivity index (χ4n) is 14.9. The lowest BCUT2D eigenvalue weighted by Gasteiger charge is -2.27. The van der Waals surface area contributed by atoms with E-state index in [0.717, 1.165) is 98.5 Å². The Bertz CT molecular complexity index is 5140. The van der Waals surface area contributed by atoms with Crippen LogP contribution >= 0.6 is 0 Å². The van der Waals surface area contributed by atoms with Gasteiger partial charge in [-0.2, -0.15) is 10.5 Å². The topological polar surface area (TPSA) is 67.3 Å².